The zero-order valence-corrected chi connectivity index (χ0v) is 15.4. The Labute approximate surface area is 150 Å². The molecule has 23 heavy (non-hydrogen) atoms. The maximum Gasteiger partial charge on any atom is 0.320 e. The highest BCUT2D eigenvalue weighted by Gasteiger charge is 2.28. The number of likely N-dealkylation sites (tertiary alicyclic amines) is 1. The van der Waals surface area contributed by atoms with Crippen LogP contribution in [0.5, 0.6) is 0 Å². The number of nitrogens with zero attached hydrogens (tertiary/aromatic N) is 3. The molecule has 0 atom stereocenters. The smallest absolute Gasteiger partial charge is 0.320 e. The van der Waals surface area contributed by atoms with Crippen LogP contribution < -0.4 is 0 Å². The molecular weight excluding hydrogens is 405 g/mol. The lowest BCUT2D eigenvalue weighted by Crippen LogP contribution is -2.54. The summed E-state index contributed by atoms with van der Waals surface area (Å²) in [5.41, 5.74) is 0.754. The van der Waals surface area contributed by atoms with Gasteiger partial charge in [0, 0.05) is 42.8 Å². The van der Waals surface area contributed by atoms with E-state index in [2.05, 4.69) is 22.6 Å². The number of carbonyl (C=O) groups excluding carboxylic acids is 2. The van der Waals surface area contributed by atoms with Crippen LogP contribution in [0.2, 0.25) is 0 Å². The summed E-state index contributed by atoms with van der Waals surface area (Å²) in [6.07, 6.45) is 3.44. The van der Waals surface area contributed by atoms with Crippen LogP contribution in [-0.4, -0.2) is 65.9 Å². The van der Waals surface area contributed by atoms with Crippen LogP contribution in [0.3, 0.4) is 0 Å². The van der Waals surface area contributed by atoms with E-state index >= 15 is 0 Å². The van der Waals surface area contributed by atoms with Crippen molar-refractivity contribution in [3.8, 4) is 0 Å². The highest BCUT2D eigenvalue weighted by atomic mass is 127. The van der Waals surface area contributed by atoms with Crippen LogP contribution in [0.15, 0.2) is 24.3 Å². The molecule has 0 saturated carbocycles. The van der Waals surface area contributed by atoms with Crippen molar-refractivity contribution < 1.29 is 9.59 Å². The van der Waals surface area contributed by atoms with Gasteiger partial charge in [0.25, 0.3) is 5.91 Å². The lowest BCUT2D eigenvalue weighted by molar-refractivity contribution is 0.0632. The van der Waals surface area contributed by atoms with Crippen molar-refractivity contribution in [1.82, 2.24) is 14.7 Å². The number of carbonyl (C=O) groups is 2. The fraction of sp³-hybridized carbons (Fsp3) is 0.529. The summed E-state index contributed by atoms with van der Waals surface area (Å²) in [6.45, 7) is 4.24. The van der Waals surface area contributed by atoms with E-state index in [4.69, 9.17) is 0 Å². The Morgan fingerprint density at radius 1 is 0.783 bits per heavy atom. The van der Waals surface area contributed by atoms with Crippen molar-refractivity contribution in [2.45, 2.75) is 19.3 Å². The van der Waals surface area contributed by atoms with E-state index in [9.17, 15) is 9.59 Å². The molecule has 0 spiro atoms. The van der Waals surface area contributed by atoms with Crippen LogP contribution in [0, 0.1) is 3.57 Å². The van der Waals surface area contributed by atoms with Crippen molar-refractivity contribution in [3.63, 3.8) is 0 Å². The largest absolute Gasteiger partial charge is 0.335 e. The molecular formula is C17H22IN3O2. The highest BCUT2D eigenvalue weighted by Crippen LogP contribution is 2.17. The molecule has 6 heteroatoms. The second-order valence-electron chi connectivity index (χ2n) is 6.09. The van der Waals surface area contributed by atoms with E-state index < -0.39 is 0 Å². The third-order valence-corrected chi connectivity index (χ3v) is 5.51. The first-order chi connectivity index (χ1) is 11.2. The molecule has 2 aliphatic rings. The molecule has 2 aliphatic heterocycles. The summed E-state index contributed by atoms with van der Waals surface area (Å²) in [5.74, 6) is 0.0695. The predicted octanol–water partition coefficient (Wildman–Crippen LogP) is 2.65. The zero-order valence-electron chi connectivity index (χ0n) is 13.2. The van der Waals surface area contributed by atoms with E-state index in [1.54, 1.807) is 0 Å². The van der Waals surface area contributed by atoms with Gasteiger partial charge in [-0.05, 0) is 54.0 Å². The number of halogens is 1. The average Bonchev–Trinajstić information content (AvgIpc) is 2.62. The molecule has 1 aromatic carbocycles. The molecule has 0 radical (unpaired) electrons. The van der Waals surface area contributed by atoms with Gasteiger partial charge in [-0.2, -0.15) is 0 Å². The van der Waals surface area contributed by atoms with Crippen LogP contribution >= 0.6 is 22.6 Å². The van der Waals surface area contributed by atoms with E-state index in [0.717, 1.165) is 35.1 Å². The molecule has 0 N–H and O–H groups in total. The third-order valence-electron chi connectivity index (χ3n) is 4.57. The third kappa shape index (κ3) is 3.79. The minimum atomic E-state index is 0.0695. The number of piperazine rings is 1. The van der Waals surface area contributed by atoms with Gasteiger partial charge in [-0.3, -0.25) is 4.79 Å². The van der Waals surface area contributed by atoms with E-state index in [1.807, 2.05) is 39.0 Å². The average molecular weight is 427 g/mol. The van der Waals surface area contributed by atoms with Crippen molar-refractivity contribution >= 4 is 34.5 Å². The van der Waals surface area contributed by atoms with Gasteiger partial charge in [0.1, 0.15) is 0 Å². The molecule has 0 bridgehead atoms. The molecule has 2 heterocycles. The Morgan fingerprint density at radius 2 is 1.35 bits per heavy atom. The Hall–Kier alpha value is -1.31. The van der Waals surface area contributed by atoms with E-state index in [0.29, 0.717) is 26.2 Å². The molecule has 124 valence electrons. The van der Waals surface area contributed by atoms with Crippen molar-refractivity contribution in [2.75, 3.05) is 39.3 Å². The molecule has 2 saturated heterocycles. The Balaban J connectivity index is 1.57. The van der Waals surface area contributed by atoms with Gasteiger partial charge in [-0.15, -0.1) is 0 Å². The lowest BCUT2D eigenvalue weighted by Gasteiger charge is -2.38. The predicted molar refractivity (Wildman–Crippen MR) is 97.5 cm³/mol. The second-order valence-corrected chi connectivity index (χ2v) is 7.25. The quantitative estimate of drug-likeness (QED) is 0.647. The molecule has 5 nitrogen and oxygen atoms in total. The maximum atomic E-state index is 12.6. The fourth-order valence-corrected chi connectivity index (χ4v) is 3.81. The molecule has 3 rings (SSSR count). The second kappa shape index (κ2) is 7.51. The van der Waals surface area contributed by atoms with Gasteiger partial charge in [0.2, 0.25) is 0 Å². The summed E-state index contributed by atoms with van der Waals surface area (Å²) in [5, 5.41) is 0. The monoisotopic (exact) mass is 427 g/mol. The Bertz CT molecular complexity index is 579. The molecule has 0 unspecified atom stereocenters. The number of hydrogen-bond donors (Lipinski definition) is 0. The number of piperidine rings is 1. The van der Waals surface area contributed by atoms with Crippen LogP contribution in [0.1, 0.15) is 29.6 Å². The zero-order chi connectivity index (χ0) is 16.2. The van der Waals surface area contributed by atoms with Crippen LogP contribution in [-0.2, 0) is 0 Å². The molecule has 0 aromatic heterocycles. The minimum absolute atomic E-state index is 0.0695. The summed E-state index contributed by atoms with van der Waals surface area (Å²) in [6, 6.07) is 7.80. The first-order valence-corrected chi connectivity index (χ1v) is 9.32. The molecule has 0 aliphatic carbocycles. The number of rotatable bonds is 1. The van der Waals surface area contributed by atoms with Crippen molar-refractivity contribution in [3.05, 3.63) is 33.4 Å². The SMILES string of the molecule is O=C(c1ccccc1I)N1CCN(C(=O)N2CCCCC2)CC1. The summed E-state index contributed by atoms with van der Waals surface area (Å²) < 4.78 is 0.974. The highest BCUT2D eigenvalue weighted by molar-refractivity contribution is 14.1. The standard InChI is InChI=1S/C17H22IN3O2/c18-15-7-3-2-6-14(15)16(22)19-10-12-21(13-11-19)17(23)20-8-4-1-5-9-20/h2-3,6-7H,1,4-5,8-13H2. The summed E-state index contributed by atoms with van der Waals surface area (Å²) in [4.78, 5) is 30.8. The van der Waals surface area contributed by atoms with Crippen LogP contribution in [0.25, 0.3) is 0 Å². The van der Waals surface area contributed by atoms with Crippen LogP contribution in [0.4, 0.5) is 4.79 Å². The van der Waals surface area contributed by atoms with Gasteiger partial charge in [-0.25, -0.2) is 4.79 Å². The van der Waals surface area contributed by atoms with Gasteiger partial charge in [0.05, 0.1) is 5.56 Å². The van der Waals surface area contributed by atoms with Crippen molar-refractivity contribution in [1.29, 1.82) is 0 Å². The number of urea groups is 1. The summed E-state index contributed by atoms with van der Waals surface area (Å²) in [7, 11) is 0. The van der Waals surface area contributed by atoms with Gasteiger partial charge in [0.15, 0.2) is 0 Å². The van der Waals surface area contributed by atoms with Gasteiger partial charge >= 0.3 is 6.03 Å². The Morgan fingerprint density at radius 3 is 2.00 bits per heavy atom. The number of amides is 3. The fourth-order valence-electron chi connectivity index (χ4n) is 3.19. The summed E-state index contributed by atoms with van der Waals surface area (Å²) >= 11 is 2.20. The lowest BCUT2D eigenvalue weighted by atomic mass is 10.1. The normalized spacial score (nSPS) is 18.9. The molecule has 3 amide bonds. The van der Waals surface area contributed by atoms with Crippen molar-refractivity contribution in [2.24, 2.45) is 0 Å². The minimum Gasteiger partial charge on any atom is -0.335 e. The first-order valence-electron chi connectivity index (χ1n) is 8.24. The number of benzene rings is 1. The topological polar surface area (TPSA) is 43.9 Å². The first kappa shape index (κ1) is 16.5. The molecule has 2 fully saturated rings. The van der Waals surface area contributed by atoms with E-state index in [-0.39, 0.29) is 11.9 Å². The Kier molecular flexibility index (Phi) is 5.40. The molecule has 1 aromatic rings. The van der Waals surface area contributed by atoms with Gasteiger partial charge in [-0.1, -0.05) is 12.1 Å². The van der Waals surface area contributed by atoms with E-state index in [1.165, 1.54) is 6.42 Å². The van der Waals surface area contributed by atoms with Gasteiger partial charge < -0.3 is 14.7 Å². The maximum absolute atomic E-state index is 12.6. The number of hydrogen-bond acceptors (Lipinski definition) is 2.